The van der Waals surface area contributed by atoms with Crippen molar-refractivity contribution in [2.75, 3.05) is 5.32 Å². The van der Waals surface area contributed by atoms with E-state index in [1.54, 1.807) is 20.8 Å². The molecule has 0 aromatic heterocycles. The average Bonchev–Trinajstić information content (AvgIpc) is 2.36. The minimum Gasteiger partial charge on any atom is -0.460 e. The van der Waals surface area contributed by atoms with Gasteiger partial charge in [0.15, 0.2) is 0 Å². The Kier molecular flexibility index (Phi) is 5.62. The lowest BCUT2D eigenvalue weighted by molar-refractivity contribution is -0.155. The molecule has 0 aliphatic heterocycles. The van der Waals surface area contributed by atoms with Gasteiger partial charge in [0.25, 0.3) is 5.91 Å². The average molecular weight is 310 g/mol. The van der Waals surface area contributed by atoms with Gasteiger partial charge in [0.05, 0.1) is 17.7 Å². The monoisotopic (exact) mass is 310 g/mol. The van der Waals surface area contributed by atoms with Gasteiger partial charge in [-0.25, -0.2) is 4.39 Å². The van der Waals surface area contributed by atoms with Crippen LogP contribution in [0.3, 0.4) is 0 Å². The van der Waals surface area contributed by atoms with Crippen molar-refractivity contribution in [2.24, 2.45) is 5.73 Å². The Morgan fingerprint density at radius 2 is 1.86 bits per heavy atom. The van der Waals surface area contributed by atoms with Crippen molar-refractivity contribution in [1.82, 2.24) is 0 Å². The molecule has 0 bridgehead atoms. The first-order valence-corrected chi connectivity index (χ1v) is 6.69. The molecule has 2 amide bonds. The number of benzene rings is 1. The highest BCUT2D eigenvalue weighted by atomic mass is 19.1. The molecule has 0 saturated heterocycles. The SMILES string of the molecule is CC(C)(C)OC(=O)CCC(=O)Nc1ccc(F)cc1C(N)=O. The van der Waals surface area contributed by atoms with Crippen LogP contribution in [0.2, 0.25) is 0 Å². The van der Waals surface area contributed by atoms with Crippen LogP contribution in [0.4, 0.5) is 10.1 Å². The molecule has 0 heterocycles. The Hall–Kier alpha value is -2.44. The lowest BCUT2D eigenvalue weighted by atomic mass is 10.1. The van der Waals surface area contributed by atoms with E-state index >= 15 is 0 Å². The molecule has 0 aliphatic rings. The summed E-state index contributed by atoms with van der Waals surface area (Å²) < 4.78 is 18.1. The highest BCUT2D eigenvalue weighted by Crippen LogP contribution is 2.17. The Bertz CT molecular complexity index is 594. The fraction of sp³-hybridized carbons (Fsp3) is 0.400. The number of nitrogens with two attached hydrogens (primary N) is 1. The number of carbonyl (C=O) groups excluding carboxylic acids is 3. The molecule has 120 valence electrons. The number of carbonyl (C=O) groups is 3. The third-order valence-electron chi connectivity index (χ3n) is 2.50. The summed E-state index contributed by atoms with van der Waals surface area (Å²) in [4.78, 5) is 34.5. The Morgan fingerprint density at radius 1 is 1.23 bits per heavy atom. The van der Waals surface area contributed by atoms with Crippen LogP contribution in [0, 0.1) is 5.82 Å². The van der Waals surface area contributed by atoms with Gasteiger partial charge in [-0.2, -0.15) is 0 Å². The second-order valence-corrected chi connectivity index (χ2v) is 5.69. The normalized spacial score (nSPS) is 10.9. The summed E-state index contributed by atoms with van der Waals surface area (Å²) in [6, 6.07) is 3.27. The summed E-state index contributed by atoms with van der Waals surface area (Å²) in [5, 5.41) is 2.42. The van der Waals surface area contributed by atoms with Crippen molar-refractivity contribution in [3.05, 3.63) is 29.6 Å². The maximum atomic E-state index is 13.1. The first-order chi connectivity index (χ1) is 10.1. The summed E-state index contributed by atoms with van der Waals surface area (Å²) in [7, 11) is 0. The quantitative estimate of drug-likeness (QED) is 0.812. The Balaban J connectivity index is 2.63. The van der Waals surface area contributed by atoms with Crippen molar-refractivity contribution in [3.8, 4) is 0 Å². The van der Waals surface area contributed by atoms with Gasteiger partial charge < -0.3 is 15.8 Å². The number of hydrogen-bond acceptors (Lipinski definition) is 4. The lowest BCUT2D eigenvalue weighted by Gasteiger charge is -2.19. The van der Waals surface area contributed by atoms with E-state index in [9.17, 15) is 18.8 Å². The second kappa shape index (κ2) is 7.02. The maximum absolute atomic E-state index is 13.1. The first-order valence-electron chi connectivity index (χ1n) is 6.69. The molecule has 1 aromatic rings. The number of esters is 1. The standard InChI is InChI=1S/C15H19FN2O4/c1-15(2,3)22-13(20)7-6-12(19)18-11-5-4-9(16)8-10(11)14(17)21/h4-5,8H,6-7H2,1-3H3,(H2,17,21)(H,18,19). The summed E-state index contributed by atoms with van der Waals surface area (Å²) in [6.45, 7) is 5.17. The van der Waals surface area contributed by atoms with Crippen LogP contribution in [-0.2, 0) is 14.3 Å². The molecule has 0 aliphatic carbocycles. The lowest BCUT2D eigenvalue weighted by Crippen LogP contribution is -2.25. The number of primary amides is 1. The fourth-order valence-electron chi connectivity index (χ4n) is 1.65. The van der Waals surface area contributed by atoms with Crippen molar-refractivity contribution >= 4 is 23.5 Å². The molecular weight excluding hydrogens is 291 g/mol. The molecule has 0 radical (unpaired) electrons. The van der Waals surface area contributed by atoms with E-state index in [1.165, 1.54) is 6.07 Å². The number of nitrogens with one attached hydrogen (secondary N) is 1. The molecule has 3 N–H and O–H groups in total. The van der Waals surface area contributed by atoms with E-state index in [0.717, 1.165) is 12.1 Å². The molecule has 0 unspecified atom stereocenters. The largest absolute Gasteiger partial charge is 0.460 e. The van der Waals surface area contributed by atoms with E-state index in [-0.39, 0.29) is 24.1 Å². The van der Waals surface area contributed by atoms with Crippen molar-refractivity contribution in [2.45, 2.75) is 39.2 Å². The van der Waals surface area contributed by atoms with Crippen LogP contribution >= 0.6 is 0 Å². The van der Waals surface area contributed by atoms with Crippen LogP contribution in [0.1, 0.15) is 44.0 Å². The zero-order valence-corrected chi connectivity index (χ0v) is 12.7. The van der Waals surface area contributed by atoms with Gasteiger partial charge in [-0.3, -0.25) is 14.4 Å². The van der Waals surface area contributed by atoms with Crippen LogP contribution in [-0.4, -0.2) is 23.4 Å². The summed E-state index contributed by atoms with van der Waals surface area (Å²) in [6.07, 6.45) is -0.222. The van der Waals surface area contributed by atoms with Gasteiger partial charge in [-0.15, -0.1) is 0 Å². The molecule has 7 heteroatoms. The summed E-state index contributed by atoms with van der Waals surface area (Å²) >= 11 is 0. The highest BCUT2D eigenvalue weighted by molar-refractivity contribution is 6.03. The van der Waals surface area contributed by atoms with Gasteiger partial charge in [-0.05, 0) is 39.0 Å². The molecule has 1 rings (SSSR count). The fourth-order valence-corrected chi connectivity index (χ4v) is 1.65. The number of halogens is 1. The number of hydrogen-bond donors (Lipinski definition) is 2. The van der Waals surface area contributed by atoms with Gasteiger partial charge in [0, 0.05) is 6.42 Å². The molecule has 0 spiro atoms. The van der Waals surface area contributed by atoms with Crippen LogP contribution in [0.5, 0.6) is 0 Å². The topological polar surface area (TPSA) is 98.5 Å². The zero-order chi connectivity index (χ0) is 16.9. The predicted octanol–water partition coefficient (Wildman–Crippen LogP) is 1.99. The third-order valence-corrected chi connectivity index (χ3v) is 2.50. The van der Waals surface area contributed by atoms with Crippen molar-refractivity contribution in [3.63, 3.8) is 0 Å². The Morgan fingerprint density at radius 3 is 2.41 bits per heavy atom. The number of amides is 2. The minimum absolute atomic E-state index is 0.100. The predicted molar refractivity (Wildman–Crippen MR) is 78.6 cm³/mol. The molecular formula is C15H19FN2O4. The van der Waals surface area contributed by atoms with E-state index in [2.05, 4.69) is 5.32 Å². The van der Waals surface area contributed by atoms with Crippen LogP contribution in [0.15, 0.2) is 18.2 Å². The molecule has 0 atom stereocenters. The van der Waals surface area contributed by atoms with E-state index in [4.69, 9.17) is 10.5 Å². The van der Waals surface area contributed by atoms with Crippen molar-refractivity contribution in [1.29, 1.82) is 0 Å². The van der Waals surface area contributed by atoms with E-state index in [1.807, 2.05) is 0 Å². The second-order valence-electron chi connectivity index (χ2n) is 5.69. The van der Waals surface area contributed by atoms with Gasteiger partial charge in [0.2, 0.25) is 5.91 Å². The zero-order valence-electron chi connectivity index (χ0n) is 12.7. The molecule has 22 heavy (non-hydrogen) atoms. The molecule has 6 nitrogen and oxygen atoms in total. The molecule has 1 aromatic carbocycles. The van der Waals surface area contributed by atoms with E-state index < -0.39 is 29.2 Å². The highest BCUT2D eigenvalue weighted by Gasteiger charge is 2.18. The number of ether oxygens (including phenoxy) is 1. The van der Waals surface area contributed by atoms with Gasteiger partial charge in [-0.1, -0.05) is 0 Å². The van der Waals surface area contributed by atoms with Gasteiger partial charge in [0.1, 0.15) is 11.4 Å². The minimum atomic E-state index is -0.859. The Labute approximate surface area is 127 Å². The first kappa shape index (κ1) is 17.6. The van der Waals surface area contributed by atoms with Crippen LogP contribution < -0.4 is 11.1 Å². The third kappa shape index (κ3) is 5.90. The van der Waals surface area contributed by atoms with Gasteiger partial charge >= 0.3 is 5.97 Å². The van der Waals surface area contributed by atoms with Crippen LogP contribution in [0.25, 0.3) is 0 Å². The number of rotatable bonds is 5. The smallest absolute Gasteiger partial charge is 0.306 e. The maximum Gasteiger partial charge on any atom is 0.306 e. The number of anilines is 1. The molecule has 0 saturated carbocycles. The summed E-state index contributed by atoms with van der Waals surface area (Å²) in [5.74, 6) is -2.50. The van der Waals surface area contributed by atoms with E-state index in [0.29, 0.717) is 0 Å². The summed E-state index contributed by atoms with van der Waals surface area (Å²) in [5.41, 5.74) is 4.46. The molecule has 0 fully saturated rings. The van der Waals surface area contributed by atoms with Crippen molar-refractivity contribution < 1.29 is 23.5 Å².